The van der Waals surface area contributed by atoms with Gasteiger partial charge in [0.05, 0.1) is 17.3 Å². The number of nitrogens with one attached hydrogen (secondary N) is 3. The highest BCUT2D eigenvalue weighted by molar-refractivity contribution is 7.10. The second-order valence-electron chi connectivity index (χ2n) is 5.90. The molecule has 2 amide bonds. The number of hydrogen-bond donors (Lipinski definition) is 4. The van der Waals surface area contributed by atoms with Crippen molar-refractivity contribution in [3.8, 4) is 5.75 Å². The van der Waals surface area contributed by atoms with E-state index in [1.54, 1.807) is 37.4 Å². The van der Waals surface area contributed by atoms with E-state index in [4.69, 9.17) is 0 Å². The molecule has 0 aliphatic carbocycles. The highest BCUT2D eigenvalue weighted by Crippen LogP contribution is 2.31. The van der Waals surface area contributed by atoms with Gasteiger partial charge < -0.3 is 15.0 Å². The number of amides is 2. The van der Waals surface area contributed by atoms with Crippen molar-refractivity contribution in [2.24, 2.45) is 7.05 Å². The van der Waals surface area contributed by atoms with Gasteiger partial charge in [0.25, 0.3) is 5.56 Å². The molecule has 0 radical (unpaired) electrons. The average molecular weight is 368 g/mol. The Morgan fingerprint density at radius 1 is 1.15 bits per heavy atom. The maximum atomic E-state index is 12.9. The Balaban J connectivity index is 1.95. The predicted octanol–water partition coefficient (Wildman–Crippen LogP) is 2.21. The smallest absolute Gasteiger partial charge is 0.333 e. The van der Waals surface area contributed by atoms with Crippen LogP contribution in [-0.2, 0) is 7.05 Å². The van der Waals surface area contributed by atoms with E-state index in [0.29, 0.717) is 10.9 Å². The van der Waals surface area contributed by atoms with Gasteiger partial charge in [-0.15, -0.1) is 11.3 Å². The molecule has 8 heteroatoms. The van der Waals surface area contributed by atoms with Crippen LogP contribution < -0.4 is 21.7 Å². The molecular weight excluding hydrogens is 352 g/mol. The van der Waals surface area contributed by atoms with Crippen molar-refractivity contribution in [2.45, 2.75) is 6.04 Å². The van der Waals surface area contributed by atoms with Crippen molar-refractivity contribution in [3.05, 3.63) is 68.6 Å². The van der Waals surface area contributed by atoms with Crippen LogP contribution in [0.5, 0.6) is 5.75 Å². The van der Waals surface area contributed by atoms with Crippen LogP contribution in [0.1, 0.15) is 16.5 Å². The number of carbonyl (C=O) groups is 1. The van der Waals surface area contributed by atoms with Gasteiger partial charge in [-0.2, -0.15) is 0 Å². The number of thiophene rings is 1. The molecular formula is C18H16N4O3S. The second-order valence-corrected chi connectivity index (χ2v) is 6.88. The van der Waals surface area contributed by atoms with Crippen molar-refractivity contribution in [2.75, 3.05) is 0 Å². The summed E-state index contributed by atoms with van der Waals surface area (Å²) in [6, 6.07) is 10.1. The zero-order valence-electron chi connectivity index (χ0n) is 13.8. The summed E-state index contributed by atoms with van der Waals surface area (Å²) in [5.74, 6) is -0.151. The van der Waals surface area contributed by atoms with E-state index in [9.17, 15) is 14.7 Å². The molecule has 1 atom stereocenters. The van der Waals surface area contributed by atoms with Gasteiger partial charge in [-0.25, -0.2) is 10.2 Å². The zero-order valence-corrected chi connectivity index (χ0v) is 14.6. The summed E-state index contributed by atoms with van der Waals surface area (Å²) in [4.78, 5) is 25.9. The Labute approximate surface area is 152 Å². The summed E-state index contributed by atoms with van der Waals surface area (Å²) in [7, 11) is 1.64. The largest absolute Gasteiger partial charge is 0.506 e. The molecule has 0 saturated heterocycles. The molecule has 1 aliphatic heterocycles. The van der Waals surface area contributed by atoms with E-state index in [-0.39, 0.29) is 28.6 Å². The van der Waals surface area contributed by atoms with E-state index in [1.807, 2.05) is 17.5 Å². The fourth-order valence-electron chi connectivity index (χ4n) is 3.04. The summed E-state index contributed by atoms with van der Waals surface area (Å²) < 4.78 is 1.46. The van der Waals surface area contributed by atoms with Gasteiger partial charge in [-0.1, -0.05) is 18.2 Å². The number of aryl methyl sites for hydroxylation is 1. The molecule has 1 aliphatic rings. The summed E-state index contributed by atoms with van der Waals surface area (Å²) in [5.41, 5.74) is 5.99. The number of aromatic nitrogens is 1. The number of para-hydroxylation sites is 1. The van der Waals surface area contributed by atoms with Crippen LogP contribution in [0.4, 0.5) is 4.79 Å². The maximum Gasteiger partial charge on any atom is 0.333 e. The summed E-state index contributed by atoms with van der Waals surface area (Å²) in [6.45, 7) is 0. The number of urea groups is 1. The minimum atomic E-state index is -0.509. The van der Waals surface area contributed by atoms with E-state index in [1.165, 1.54) is 15.9 Å². The van der Waals surface area contributed by atoms with E-state index in [2.05, 4.69) is 16.2 Å². The normalized spacial score (nSPS) is 17.3. The van der Waals surface area contributed by atoms with E-state index < -0.39 is 6.03 Å². The second kappa shape index (κ2) is 6.32. The van der Waals surface area contributed by atoms with Crippen LogP contribution in [0.15, 0.2) is 52.6 Å². The third-order valence-corrected chi connectivity index (χ3v) is 5.27. The minimum Gasteiger partial charge on any atom is -0.506 e. The molecule has 26 heavy (non-hydrogen) atoms. The summed E-state index contributed by atoms with van der Waals surface area (Å²) >= 11 is 1.52. The zero-order chi connectivity index (χ0) is 18.3. The third kappa shape index (κ3) is 2.65. The quantitative estimate of drug-likeness (QED) is 0.558. The van der Waals surface area contributed by atoms with Gasteiger partial charge >= 0.3 is 6.03 Å². The molecule has 2 aromatic heterocycles. The Hall–Kier alpha value is -3.10. The van der Waals surface area contributed by atoms with Crippen molar-refractivity contribution in [1.29, 1.82) is 0 Å². The predicted molar refractivity (Wildman–Crippen MR) is 101 cm³/mol. The number of hydrogen-bond acceptors (Lipinski definition) is 5. The number of pyridine rings is 1. The van der Waals surface area contributed by atoms with Gasteiger partial charge in [-0.3, -0.25) is 10.2 Å². The lowest BCUT2D eigenvalue weighted by atomic mass is 10.1. The molecule has 4 N–H and O–H groups in total. The number of benzene rings is 1. The topological polar surface area (TPSA) is 95.4 Å². The van der Waals surface area contributed by atoms with Crippen LogP contribution >= 0.6 is 11.3 Å². The minimum absolute atomic E-state index is 0.0617. The molecule has 0 unspecified atom stereocenters. The van der Waals surface area contributed by atoms with Crippen LogP contribution in [0.3, 0.4) is 0 Å². The Morgan fingerprint density at radius 3 is 2.73 bits per heavy atom. The molecule has 3 heterocycles. The third-order valence-electron chi connectivity index (χ3n) is 4.32. The first-order valence-corrected chi connectivity index (χ1v) is 8.83. The molecule has 0 bridgehead atoms. The van der Waals surface area contributed by atoms with Gasteiger partial charge in [0.2, 0.25) is 0 Å². The molecule has 3 aromatic rings. The van der Waals surface area contributed by atoms with Crippen LogP contribution in [-0.4, -0.2) is 15.7 Å². The molecule has 0 spiro atoms. The lowest BCUT2D eigenvalue weighted by Crippen LogP contribution is -2.42. The van der Waals surface area contributed by atoms with Crippen molar-refractivity contribution in [1.82, 2.24) is 20.7 Å². The van der Waals surface area contributed by atoms with Crippen LogP contribution in [0, 0.1) is 0 Å². The maximum absolute atomic E-state index is 12.9. The molecule has 0 fully saturated rings. The first kappa shape index (κ1) is 16.4. The van der Waals surface area contributed by atoms with Gasteiger partial charge in [0, 0.05) is 17.3 Å². The lowest BCUT2D eigenvalue weighted by Gasteiger charge is -2.14. The highest BCUT2D eigenvalue weighted by Gasteiger charge is 2.24. The highest BCUT2D eigenvalue weighted by atomic mass is 32.1. The first-order valence-electron chi connectivity index (χ1n) is 7.95. The number of fused-ring (bicyclic) bond motifs is 1. The molecule has 132 valence electrons. The Bertz CT molecular complexity index is 1090. The van der Waals surface area contributed by atoms with Crippen LogP contribution in [0.25, 0.3) is 16.6 Å². The van der Waals surface area contributed by atoms with Crippen molar-refractivity contribution >= 4 is 34.0 Å². The number of hydrazine groups is 1. The standard InChI is InChI=1S/C18H16N4O3S/c1-22-13-6-3-2-5-10(13)16(23)15(17(22)24)12-9-11(14-7-4-8-26-14)20-21-18(25)19-12/h2-9,11,20,23H,1H3,(H2,19,21,25)/t11-/m1/s1. The molecule has 7 nitrogen and oxygen atoms in total. The van der Waals surface area contributed by atoms with Crippen molar-refractivity contribution in [3.63, 3.8) is 0 Å². The van der Waals surface area contributed by atoms with E-state index >= 15 is 0 Å². The van der Waals surface area contributed by atoms with Gasteiger partial charge in [-0.05, 0) is 29.7 Å². The molecule has 4 rings (SSSR count). The summed E-state index contributed by atoms with van der Waals surface area (Å²) in [5, 5.41) is 15.9. The van der Waals surface area contributed by atoms with E-state index in [0.717, 1.165) is 4.88 Å². The fourth-order valence-corrected chi connectivity index (χ4v) is 3.78. The molecule has 0 saturated carbocycles. The molecule has 1 aromatic carbocycles. The number of aromatic hydroxyl groups is 1. The first-order chi connectivity index (χ1) is 12.6. The number of rotatable bonds is 2. The van der Waals surface area contributed by atoms with Crippen molar-refractivity contribution < 1.29 is 9.90 Å². The number of nitrogens with zero attached hydrogens (tertiary/aromatic N) is 1. The average Bonchev–Trinajstić information content (AvgIpc) is 3.11. The summed E-state index contributed by atoms with van der Waals surface area (Å²) in [6.07, 6.45) is 1.72. The van der Waals surface area contributed by atoms with Crippen LogP contribution in [0.2, 0.25) is 0 Å². The fraction of sp³-hybridized carbons (Fsp3) is 0.111. The Morgan fingerprint density at radius 2 is 1.96 bits per heavy atom. The van der Waals surface area contributed by atoms with Gasteiger partial charge in [0.1, 0.15) is 11.3 Å². The lowest BCUT2D eigenvalue weighted by molar-refractivity contribution is 0.240. The monoisotopic (exact) mass is 368 g/mol. The SMILES string of the molecule is Cn1c(=O)c(C2=C[C@H](c3cccs3)NNC(=O)N2)c(O)c2ccccc21. The number of carbonyl (C=O) groups excluding carboxylic acids is 1. The Kier molecular flexibility index (Phi) is 3.98. The van der Waals surface area contributed by atoms with Gasteiger partial charge in [0.15, 0.2) is 0 Å².